The molecule has 0 unspecified atom stereocenters. The SMILES string of the molecule is CC(C)NC(=O)[C@@H](C)Sc1nnc(-c2ccco2)n1C1CCCCC1. The molecule has 1 amide bonds. The molecule has 25 heavy (non-hydrogen) atoms. The Kier molecular flexibility index (Phi) is 5.83. The Labute approximate surface area is 152 Å². The predicted octanol–water partition coefficient (Wildman–Crippen LogP) is 4.05. The second kappa shape index (κ2) is 8.08. The maximum atomic E-state index is 12.3. The van der Waals surface area contributed by atoms with Crippen LogP contribution in [-0.4, -0.2) is 32.0 Å². The van der Waals surface area contributed by atoms with Crippen molar-refractivity contribution in [1.82, 2.24) is 20.1 Å². The van der Waals surface area contributed by atoms with Crippen LogP contribution >= 0.6 is 11.8 Å². The van der Waals surface area contributed by atoms with Gasteiger partial charge in [0.2, 0.25) is 11.7 Å². The van der Waals surface area contributed by atoms with E-state index in [2.05, 4.69) is 20.1 Å². The van der Waals surface area contributed by atoms with Gasteiger partial charge >= 0.3 is 0 Å². The zero-order valence-corrected chi connectivity index (χ0v) is 15.9. The normalized spacial score (nSPS) is 17.0. The fraction of sp³-hybridized carbons (Fsp3) is 0.611. The van der Waals surface area contributed by atoms with E-state index in [9.17, 15) is 4.79 Å². The Balaban J connectivity index is 1.87. The van der Waals surface area contributed by atoms with Crippen molar-refractivity contribution >= 4 is 17.7 Å². The highest BCUT2D eigenvalue weighted by molar-refractivity contribution is 8.00. The molecular weight excluding hydrogens is 336 g/mol. The molecular formula is C18H26N4O2S. The number of carbonyl (C=O) groups is 1. The fourth-order valence-corrected chi connectivity index (χ4v) is 4.14. The van der Waals surface area contributed by atoms with Crippen molar-refractivity contribution in [2.45, 2.75) is 75.4 Å². The first-order chi connectivity index (χ1) is 12.1. The Hall–Kier alpha value is -1.76. The zero-order chi connectivity index (χ0) is 17.8. The van der Waals surface area contributed by atoms with E-state index in [0.717, 1.165) is 29.6 Å². The molecule has 1 saturated carbocycles. The lowest BCUT2D eigenvalue weighted by Crippen LogP contribution is -2.36. The van der Waals surface area contributed by atoms with E-state index in [1.165, 1.54) is 31.0 Å². The molecule has 0 aromatic carbocycles. The third-order valence-electron chi connectivity index (χ3n) is 4.43. The molecule has 1 aliphatic carbocycles. The largest absolute Gasteiger partial charge is 0.461 e. The number of furan rings is 1. The van der Waals surface area contributed by atoms with Gasteiger partial charge in [0.15, 0.2) is 10.9 Å². The Bertz CT molecular complexity index is 690. The predicted molar refractivity (Wildman–Crippen MR) is 98.4 cm³/mol. The smallest absolute Gasteiger partial charge is 0.233 e. The molecule has 0 radical (unpaired) electrons. The topological polar surface area (TPSA) is 73.0 Å². The van der Waals surface area contributed by atoms with E-state index in [1.807, 2.05) is 32.9 Å². The van der Waals surface area contributed by atoms with Crippen LogP contribution in [0.2, 0.25) is 0 Å². The van der Waals surface area contributed by atoms with Gasteiger partial charge in [-0.15, -0.1) is 10.2 Å². The van der Waals surface area contributed by atoms with E-state index in [-0.39, 0.29) is 17.2 Å². The Morgan fingerprint density at radius 1 is 1.28 bits per heavy atom. The van der Waals surface area contributed by atoms with Crippen molar-refractivity contribution in [2.75, 3.05) is 0 Å². The molecule has 1 N–H and O–H groups in total. The van der Waals surface area contributed by atoms with E-state index >= 15 is 0 Å². The van der Waals surface area contributed by atoms with Crippen molar-refractivity contribution in [3.63, 3.8) is 0 Å². The number of hydrogen-bond donors (Lipinski definition) is 1. The van der Waals surface area contributed by atoms with Gasteiger partial charge in [-0.25, -0.2) is 0 Å². The summed E-state index contributed by atoms with van der Waals surface area (Å²) >= 11 is 1.47. The van der Waals surface area contributed by atoms with Crippen LogP contribution in [0.15, 0.2) is 28.0 Å². The van der Waals surface area contributed by atoms with Gasteiger partial charge in [-0.1, -0.05) is 31.0 Å². The molecule has 0 spiro atoms. The Morgan fingerprint density at radius 2 is 2.04 bits per heavy atom. The number of carbonyl (C=O) groups excluding carboxylic acids is 1. The minimum Gasteiger partial charge on any atom is -0.461 e. The summed E-state index contributed by atoms with van der Waals surface area (Å²) in [5.74, 6) is 1.51. The number of amides is 1. The molecule has 1 fully saturated rings. The number of nitrogens with zero attached hydrogens (tertiary/aromatic N) is 3. The lowest BCUT2D eigenvalue weighted by atomic mass is 9.95. The van der Waals surface area contributed by atoms with Gasteiger partial charge in [0.25, 0.3) is 0 Å². The van der Waals surface area contributed by atoms with Crippen molar-refractivity contribution in [1.29, 1.82) is 0 Å². The minimum absolute atomic E-state index is 0.0257. The van der Waals surface area contributed by atoms with Gasteiger partial charge < -0.3 is 9.73 Å². The first-order valence-corrected chi connectivity index (χ1v) is 9.90. The second-order valence-corrected chi connectivity index (χ2v) is 8.18. The van der Waals surface area contributed by atoms with Gasteiger partial charge in [-0.2, -0.15) is 0 Å². The van der Waals surface area contributed by atoms with Crippen LogP contribution in [0.4, 0.5) is 0 Å². The summed E-state index contributed by atoms with van der Waals surface area (Å²) in [5, 5.41) is 12.3. The second-order valence-electron chi connectivity index (χ2n) is 6.87. The van der Waals surface area contributed by atoms with Gasteiger partial charge in [0.1, 0.15) is 0 Å². The van der Waals surface area contributed by atoms with Gasteiger partial charge in [0.05, 0.1) is 11.5 Å². The van der Waals surface area contributed by atoms with Crippen LogP contribution < -0.4 is 5.32 Å². The maximum absolute atomic E-state index is 12.3. The zero-order valence-electron chi connectivity index (χ0n) is 15.1. The molecule has 1 atom stereocenters. The molecule has 0 saturated heterocycles. The summed E-state index contributed by atoms with van der Waals surface area (Å²) in [6.45, 7) is 5.85. The molecule has 3 rings (SSSR count). The fourth-order valence-electron chi connectivity index (χ4n) is 3.21. The number of nitrogens with one attached hydrogen (secondary N) is 1. The standard InChI is InChI=1S/C18H26N4O2S/c1-12(2)19-17(23)13(3)25-18-21-20-16(15-10-7-11-24-15)22(18)14-8-5-4-6-9-14/h7,10-14H,4-6,8-9H2,1-3H3,(H,19,23)/t13-/m1/s1. The molecule has 2 aromatic rings. The molecule has 0 aliphatic heterocycles. The van der Waals surface area contributed by atoms with Crippen LogP contribution in [0.3, 0.4) is 0 Å². The van der Waals surface area contributed by atoms with Crippen molar-refractivity contribution in [3.05, 3.63) is 18.4 Å². The highest BCUT2D eigenvalue weighted by Gasteiger charge is 2.27. The summed E-state index contributed by atoms with van der Waals surface area (Å²) in [6, 6.07) is 4.27. The summed E-state index contributed by atoms with van der Waals surface area (Å²) in [6.07, 6.45) is 7.60. The molecule has 2 heterocycles. The Morgan fingerprint density at radius 3 is 2.68 bits per heavy atom. The third kappa shape index (κ3) is 4.26. The monoisotopic (exact) mass is 362 g/mol. The van der Waals surface area contributed by atoms with Crippen molar-refractivity contribution in [2.24, 2.45) is 0 Å². The third-order valence-corrected chi connectivity index (χ3v) is 5.49. The van der Waals surface area contributed by atoms with E-state index in [1.54, 1.807) is 6.26 Å². The van der Waals surface area contributed by atoms with E-state index < -0.39 is 0 Å². The van der Waals surface area contributed by atoms with Crippen LogP contribution in [-0.2, 0) is 4.79 Å². The van der Waals surface area contributed by atoms with Crippen molar-refractivity contribution < 1.29 is 9.21 Å². The number of rotatable bonds is 6. The van der Waals surface area contributed by atoms with Gasteiger partial charge in [-0.3, -0.25) is 9.36 Å². The molecule has 1 aliphatic rings. The van der Waals surface area contributed by atoms with E-state index in [0.29, 0.717) is 6.04 Å². The number of hydrogen-bond acceptors (Lipinski definition) is 5. The van der Waals surface area contributed by atoms with Gasteiger partial charge in [0, 0.05) is 12.1 Å². The van der Waals surface area contributed by atoms with Crippen LogP contribution in [0, 0.1) is 0 Å². The maximum Gasteiger partial charge on any atom is 0.233 e. The molecule has 0 bridgehead atoms. The molecule has 7 heteroatoms. The number of thioether (sulfide) groups is 1. The summed E-state index contributed by atoms with van der Waals surface area (Å²) < 4.78 is 7.74. The van der Waals surface area contributed by atoms with Crippen LogP contribution in [0.5, 0.6) is 0 Å². The summed E-state index contributed by atoms with van der Waals surface area (Å²) in [5.41, 5.74) is 0. The highest BCUT2D eigenvalue weighted by Crippen LogP contribution is 2.36. The lowest BCUT2D eigenvalue weighted by molar-refractivity contribution is -0.120. The lowest BCUT2D eigenvalue weighted by Gasteiger charge is -2.25. The molecule has 136 valence electrons. The summed E-state index contributed by atoms with van der Waals surface area (Å²) in [4.78, 5) is 12.3. The quantitative estimate of drug-likeness (QED) is 0.785. The van der Waals surface area contributed by atoms with Crippen molar-refractivity contribution in [3.8, 4) is 11.6 Å². The first-order valence-electron chi connectivity index (χ1n) is 9.02. The highest BCUT2D eigenvalue weighted by atomic mass is 32.2. The van der Waals surface area contributed by atoms with Crippen LogP contribution in [0.25, 0.3) is 11.6 Å². The van der Waals surface area contributed by atoms with Crippen LogP contribution in [0.1, 0.15) is 58.9 Å². The number of aromatic nitrogens is 3. The van der Waals surface area contributed by atoms with E-state index in [4.69, 9.17) is 4.42 Å². The summed E-state index contributed by atoms with van der Waals surface area (Å²) in [7, 11) is 0. The average Bonchev–Trinajstić information content (AvgIpc) is 3.24. The molecule has 2 aromatic heterocycles. The average molecular weight is 362 g/mol. The first kappa shape index (κ1) is 18.0. The van der Waals surface area contributed by atoms with Gasteiger partial charge in [-0.05, 0) is 45.7 Å². The minimum atomic E-state index is -0.224. The molecule has 6 nitrogen and oxygen atoms in total.